The summed E-state index contributed by atoms with van der Waals surface area (Å²) in [6.07, 6.45) is -3.51. The van der Waals surface area contributed by atoms with Crippen LogP contribution in [-0.4, -0.2) is 61.3 Å². The molecule has 0 fully saturated rings. The summed E-state index contributed by atoms with van der Waals surface area (Å²) in [4.78, 5) is 11.5. The van der Waals surface area contributed by atoms with Gasteiger partial charge in [0.05, 0.1) is 6.61 Å². The predicted octanol–water partition coefficient (Wildman–Crippen LogP) is -2.21. The molecule has 0 saturated heterocycles. The lowest BCUT2D eigenvalue weighted by Crippen LogP contribution is -2.59. The SMILES string of the molecule is CC(C)(O)C(=O)[C@@](C)(O)[C@H](O)[C@H](O)CO. The van der Waals surface area contributed by atoms with Crippen LogP contribution >= 0.6 is 0 Å². The van der Waals surface area contributed by atoms with Gasteiger partial charge in [-0.3, -0.25) is 4.79 Å². The molecule has 0 radical (unpaired) electrons. The number of ketones is 1. The van der Waals surface area contributed by atoms with Gasteiger partial charge in [-0.25, -0.2) is 0 Å². The minimum atomic E-state index is -2.32. The first-order valence-corrected chi connectivity index (χ1v) is 4.51. The number of carbonyl (C=O) groups is 1. The summed E-state index contributed by atoms with van der Waals surface area (Å²) in [5.41, 5.74) is -4.15. The topological polar surface area (TPSA) is 118 Å². The van der Waals surface area contributed by atoms with Gasteiger partial charge in [-0.05, 0) is 20.8 Å². The standard InChI is InChI=1S/C9H18O6/c1-8(2,14)7(13)9(3,15)6(12)5(11)4-10/h5-6,10-12,14-15H,4H2,1-3H3/t5-,6-,9+/m1/s1. The van der Waals surface area contributed by atoms with E-state index in [0.29, 0.717) is 0 Å². The van der Waals surface area contributed by atoms with Crippen LogP contribution in [0.15, 0.2) is 0 Å². The zero-order chi connectivity index (χ0) is 12.4. The highest BCUT2D eigenvalue weighted by molar-refractivity contribution is 5.94. The van der Waals surface area contributed by atoms with E-state index in [0.717, 1.165) is 20.8 Å². The van der Waals surface area contributed by atoms with Crippen molar-refractivity contribution in [3.63, 3.8) is 0 Å². The first-order chi connectivity index (χ1) is 6.55. The quantitative estimate of drug-likeness (QED) is 0.360. The first kappa shape index (κ1) is 14.5. The molecule has 0 aromatic rings. The lowest BCUT2D eigenvalue weighted by Gasteiger charge is -2.34. The molecule has 3 atom stereocenters. The highest BCUT2D eigenvalue weighted by atomic mass is 16.4. The molecule has 6 heteroatoms. The molecule has 6 nitrogen and oxygen atoms in total. The molecule has 15 heavy (non-hydrogen) atoms. The number of rotatable bonds is 5. The molecule has 90 valence electrons. The minimum absolute atomic E-state index is 0.795. The van der Waals surface area contributed by atoms with E-state index in [9.17, 15) is 20.1 Å². The van der Waals surface area contributed by atoms with Gasteiger partial charge in [-0.2, -0.15) is 0 Å². The number of Topliss-reactive ketones (excluding diaryl/α,β-unsaturated/α-hetero) is 1. The molecule has 0 amide bonds. The lowest BCUT2D eigenvalue weighted by atomic mass is 9.83. The molecule has 0 heterocycles. The van der Waals surface area contributed by atoms with Crippen LogP contribution in [0, 0.1) is 0 Å². The van der Waals surface area contributed by atoms with E-state index in [4.69, 9.17) is 10.2 Å². The van der Waals surface area contributed by atoms with E-state index < -0.39 is 35.8 Å². The summed E-state index contributed by atoms with van der Waals surface area (Å²) < 4.78 is 0. The second-order valence-corrected chi connectivity index (χ2v) is 4.23. The fourth-order valence-electron chi connectivity index (χ4n) is 1.23. The molecule has 0 aliphatic heterocycles. The van der Waals surface area contributed by atoms with Crippen LogP contribution in [0.4, 0.5) is 0 Å². The van der Waals surface area contributed by atoms with Crippen molar-refractivity contribution in [2.45, 2.75) is 44.2 Å². The molecule has 0 unspecified atom stereocenters. The first-order valence-electron chi connectivity index (χ1n) is 4.51. The minimum Gasteiger partial charge on any atom is -0.394 e. The summed E-state index contributed by atoms with van der Waals surface area (Å²) in [7, 11) is 0. The van der Waals surface area contributed by atoms with Crippen molar-refractivity contribution in [3.05, 3.63) is 0 Å². The van der Waals surface area contributed by atoms with Gasteiger partial charge in [-0.15, -0.1) is 0 Å². The van der Waals surface area contributed by atoms with Crippen molar-refractivity contribution in [1.29, 1.82) is 0 Å². The second-order valence-electron chi connectivity index (χ2n) is 4.23. The Hall–Kier alpha value is -0.530. The van der Waals surface area contributed by atoms with Crippen LogP contribution in [0.25, 0.3) is 0 Å². The van der Waals surface area contributed by atoms with Crippen LogP contribution in [0.5, 0.6) is 0 Å². The summed E-state index contributed by atoms with van der Waals surface area (Å²) in [6.45, 7) is 2.48. The molecule has 0 aliphatic carbocycles. The molecule has 0 aliphatic rings. The fraction of sp³-hybridized carbons (Fsp3) is 0.889. The van der Waals surface area contributed by atoms with Gasteiger partial charge in [0.25, 0.3) is 0 Å². The average Bonchev–Trinajstić information content (AvgIpc) is 2.12. The summed E-state index contributed by atoms with van der Waals surface area (Å²) in [6, 6.07) is 0. The highest BCUT2D eigenvalue weighted by Gasteiger charge is 2.47. The third-order valence-electron chi connectivity index (χ3n) is 2.14. The Morgan fingerprint density at radius 3 is 1.87 bits per heavy atom. The van der Waals surface area contributed by atoms with E-state index in [1.54, 1.807) is 0 Å². The maximum Gasteiger partial charge on any atom is 0.197 e. The van der Waals surface area contributed by atoms with Gasteiger partial charge >= 0.3 is 0 Å². The van der Waals surface area contributed by atoms with Gasteiger partial charge in [0.1, 0.15) is 17.8 Å². The van der Waals surface area contributed by atoms with E-state index in [2.05, 4.69) is 0 Å². The Kier molecular flexibility index (Phi) is 4.38. The Morgan fingerprint density at radius 2 is 1.60 bits per heavy atom. The van der Waals surface area contributed by atoms with Crippen molar-refractivity contribution in [2.24, 2.45) is 0 Å². The number of aliphatic hydroxyl groups is 5. The van der Waals surface area contributed by atoms with Crippen LogP contribution < -0.4 is 0 Å². The van der Waals surface area contributed by atoms with Crippen molar-refractivity contribution < 1.29 is 30.3 Å². The van der Waals surface area contributed by atoms with E-state index in [1.807, 2.05) is 0 Å². The van der Waals surface area contributed by atoms with Crippen LogP contribution in [0.3, 0.4) is 0 Å². The van der Waals surface area contributed by atoms with Gasteiger partial charge in [0.15, 0.2) is 11.4 Å². The Morgan fingerprint density at radius 1 is 1.20 bits per heavy atom. The Bertz CT molecular complexity index is 229. The molecule has 5 N–H and O–H groups in total. The summed E-state index contributed by atoms with van der Waals surface area (Å²) >= 11 is 0. The monoisotopic (exact) mass is 222 g/mol. The Balaban J connectivity index is 4.89. The molecule has 0 aromatic carbocycles. The number of carbonyl (C=O) groups excluding carboxylic acids is 1. The zero-order valence-corrected chi connectivity index (χ0v) is 9.01. The Labute approximate surface area is 87.8 Å². The second kappa shape index (κ2) is 4.54. The van der Waals surface area contributed by atoms with Crippen LogP contribution in [0.2, 0.25) is 0 Å². The average molecular weight is 222 g/mol. The van der Waals surface area contributed by atoms with Gasteiger partial charge < -0.3 is 25.5 Å². The van der Waals surface area contributed by atoms with E-state index in [-0.39, 0.29) is 0 Å². The number of hydrogen-bond acceptors (Lipinski definition) is 6. The smallest absolute Gasteiger partial charge is 0.197 e. The van der Waals surface area contributed by atoms with Gasteiger partial charge in [0.2, 0.25) is 0 Å². The summed E-state index contributed by atoms with van der Waals surface area (Å²) in [5, 5.41) is 46.0. The third-order valence-corrected chi connectivity index (χ3v) is 2.14. The summed E-state index contributed by atoms with van der Waals surface area (Å²) in [5.74, 6) is -1.03. The van der Waals surface area contributed by atoms with Gasteiger partial charge in [-0.1, -0.05) is 0 Å². The molecule has 0 saturated carbocycles. The van der Waals surface area contributed by atoms with Crippen molar-refractivity contribution in [3.8, 4) is 0 Å². The van der Waals surface area contributed by atoms with E-state index >= 15 is 0 Å². The van der Waals surface area contributed by atoms with Crippen molar-refractivity contribution in [1.82, 2.24) is 0 Å². The predicted molar refractivity (Wildman–Crippen MR) is 51.0 cm³/mol. The van der Waals surface area contributed by atoms with Gasteiger partial charge in [0, 0.05) is 0 Å². The fourth-order valence-corrected chi connectivity index (χ4v) is 1.23. The maximum absolute atomic E-state index is 11.5. The third kappa shape index (κ3) is 3.22. The molecule has 0 spiro atoms. The molecule has 0 aromatic heterocycles. The van der Waals surface area contributed by atoms with Crippen molar-refractivity contribution >= 4 is 5.78 Å². The highest BCUT2D eigenvalue weighted by Crippen LogP contribution is 2.21. The largest absolute Gasteiger partial charge is 0.394 e. The number of hydrogen-bond donors (Lipinski definition) is 5. The molecular weight excluding hydrogens is 204 g/mol. The maximum atomic E-state index is 11.5. The van der Waals surface area contributed by atoms with Crippen LogP contribution in [-0.2, 0) is 4.79 Å². The van der Waals surface area contributed by atoms with E-state index in [1.165, 1.54) is 0 Å². The zero-order valence-electron chi connectivity index (χ0n) is 9.01. The molecule has 0 rings (SSSR count). The van der Waals surface area contributed by atoms with Crippen molar-refractivity contribution in [2.75, 3.05) is 6.61 Å². The van der Waals surface area contributed by atoms with Crippen LogP contribution in [0.1, 0.15) is 20.8 Å². The normalized spacial score (nSPS) is 20.5. The molecular formula is C9H18O6. The lowest BCUT2D eigenvalue weighted by molar-refractivity contribution is -0.175. The molecule has 0 bridgehead atoms. The number of aliphatic hydroxyl groups excluding tert-OH is 3.